The number of carbonyl (C=O) groups is 1. The smallest absolute Gasteiger partial charge is 0.317 e. The topological polar surface area (TPSA) is 52.7 Å². The molecule has 0 bridgehead atoms. The van der Waals surface area contributed by atoms with E-state index in [0.29, 0.717) is 5.69 Å². The van der Waals surface area contributed by atoms with Gasteiger partial charge < -0.3 is 5.09 Å². The number of rotatable bonds is 2. The Morgan fingerprint density at radius 3 is 2.44 bits per heavy atom. The van der Waals surface area contributed by atoms with Crippen molar-refractivity contribution < 1.29 is 9.36 Å². The highest BCUT2D eigenvalue weighted by Crippen LogP contribution is 2.54. The molecule has 96 valence electrons. The molecule has 0 aliphatic carbocycles. The maximum Gasteiger partial charge on any atom is 0.331 e. The number of amides is 2. The third kappa shape index (κ3) is 2.24. The lowest BCUT2D eigenvalue weighted by Gasteiger charge is -2.35. The quantitative estimate of drug-likeness (QED) is 0.670. The summed E-state index contributed by atoms with van der Waals surface area (Å²) in [5.41, 5.74) is 0.672. The van der Waals surface area contributed by atoms with Crippen LogP contribution >= 0.6 is 19.0 Å². The van der Waals surface area contributed by atoms with Crippen molar-refractivity contribution in [1.29, 1.82) is 0 Å². The minimum absolute atomic E-state index is 0.157. The molecule has 2 amide bonds. The van der Waals surface area contributed by atoms with Crippen molar-refractivity contribution in [2.75, 3.05) is 19.2 Å². The van der Waals surface area contributed by atoms with Crippen LogP contribution in [0.3, 0.4) is 0 Å². The van der Waals surface area contributed by atoms with Crippen molar-refractivity contribution >= 4 is 30.8 Å². The third-order valence-corrected chi connectivity index (χ3v) is 5.42. The number of anilines is 1. The second kappa shape index (κ2) is 4.67. The molecule has 1 unspecified atom stereocenters. The first kappa shape index (κ1) is 13.0. The number of benzene rings is 1. The van der Waals surface area contributed by atoms with Crippen molar-refractivity contribution in [2.45, 2.75) is 0 Å². The summed E-state index contributed by atoms with van der Waals surface area (Å²) in [6.45, 7) is 0. The predicted octanol–water partition coefficient (Wildman–Crippen LogP) is 3.33. The molecule has 0 saturated carbocycles. The Hall–Kier alpha value is -1.45. The molecule has 7 heteroatoms. The third-order valence-electron chi connectivity index (χ3n) is 2.67. The number of carbonyl (C=O) groups excluding carboxylic acids is 1. The van der Waals surface area contributed by atoms with Crippen LogP contribution < -0.4 is 5.09 Å². The molecule has 0 saturated heterocycles. The largest absolute Gasteiger partial charge is 0.331 e. The Kier molecular flexibility index (Phi) is 3.37. The van der Waals surface area contributed by atoms with Crippen LogP contribution in [0, 0.1) is 0 Å². The molecule has 1 aromatic carbocycles. The first-order valence-corrected chi connectivity index (χ1v) is 7.38. The van der Waals surface area contributed by atoms with Gasteiger partial charge in [-0.05, 0) is 12.1 Å². The van der Waals surface area contributed by atoms with E-state index in [0.717, 1.165) is 0 Å². The molecule has 5 nitrogen and oxygen atoms in total. The Labute approximate surface area is 110 Å². The average Bonchev–Trinajstić information content (AvgIpc) is 2.35. The monoisotopic (exact) mass is 285 g/mol. The molecule has 18 heavy (non-hydrogen) atoms. The van der Waals surface area contributed by atoms with Crippen molar-refractivity contribution in [3.05, 3.63) is 41.3 Å². The first-order chi connectivity index (χ1) is 8.44. The van der Waals surface area contributed by atoms with E-state index in [1.54, 1.807) is 12.1 Å². The van der Waals surface area contributed by atoms with Crippen LogP contribution in [0.5, 0.6) is 0 Å². The second-order valence-electron chi connectivity index (χ2n) is 3.92. The fourth-order valence-corrected chi connectivity index (χ4v) is 3.78. The van der Waals surface area contributed by atoms with Crippen LogP contribution in [0.15, 0.2) is 41.3 Å². The van der Waals surface area contributed by atoms with Gasteiger partial charge in [-0.25, -0.2) is 4.79 Å². The SMILES string of the molecule is CN1C(=O)N(C)P(=O)(Nc2ccccc2)C=C1Cl. The van der Waals surface area contributed by atoms with E-state index >= 15 is 0 Å². The van der Waals surface area contributed by atoms with Gasteiger partial charge in [0.05, 0.1) is 5.82 Å². The molecule has 0 radical (unpaired) electrons. The van der Waals surface area contributed by atoms with Gasteiger partial charge in [0.2, 0.25) is 0 Å². The molecule has 1 N–H and O–H groups in total. The van der Waals surface area contributed by atoms with Crippen LogP contribution in [0.25, 0.3) is 0 Å². The summed E-state index contributed by atoms with van der Waals surface area (Å²) in [6, 6.07) is 8.63. The number of hydrogen-bond donors (Lipinski definition) is 1. The van der Waals surface area contributed by atoms with E-state index in [1.165, 1.54) is 29.5 Å². The number of nitrogens with zero attached hydrogens (tertiary/aromatic N) is 2. The lowest BCUT2D eigenvalue weighted by molar-refractivity contribution is 0.205. The number of nitrogens with one attached hydrogen (secondary N) is 1. The molecule has 2 rings (SSSR count). The molecule has 0 aromatic heterocycles. The van der Waals surface area contributed by atoms with Gasteiger partial charge in [-0.15, -0.1) is 0 Å². The molecule has 1 aliphatic heterocycles. The highest BCUT2D eigenvalue weighted by molar-refractivity contribution is 7.67. The van der Waals surface area contributed by atoms with Gasteiger partial charge in [0.15, 0.2) is 0 Å². The molecule has 0 spiro atoms. The van der Waals surface area contributed by atoms with Crippen molar-refractivity contribution in [2.24, 2.45) is 0 Å². The molecule has 0 fully saturated rings. The number of urea groups is 1. The first-order valence-electron chi connectivity index (χ1n) is 5.27. The average molecular weight is 286 g/mol. The maximum absolute atomic E-state index is 12.7. The zero-order valence-corrected chi connectivity index (χ0v) is 11.7. The van der Waals surface area contributed by atoms with Crippen LogP contribution in [-0.2, 0) is 4.57 Å². The summed E-state index contributed by atoms with van der Waals surface area (Å²) >= 11 is 5.91. The fraction of sp³-hybridized carbons (Fsp3) is 0.182. The van der Waals surface area contributed by atoms with Crippen LogP contribution in [0.4, 0.5) is 10.5 Å². The Bertz CT molecular complexity index is 546. The second-order valence-corrected chi connectivity index (χ2v) is 6.63. The van der Waals surface area contributed by atoms with Crippen LogP contribution in [0.2, 0.25) is 0 Å². The summed E-state index contributed by atoms with van der Waals surface area (Å²) in [4.78, 5) is 13.1. The number of hydrogen-bond acceptors (Lipinski definition) is 2. The number of halogens is 1. The van der Waals surface area contributed by atoms with E-state index in [-0.39, 0.29) is 5.16 Å². The van der Waals surface area contributed by atoms with Gasteiger partial charge in [-0.2, -0.15) is 0 Å². The van der Waals surface area contributed by atoms with Crippen LogP contribution in [-0.4, -0.2) is 29.7 Å². The van der Waals surface area contributed by atoms with E-state index in [4.69, 9.17) is 11.6 Å². The van der Waals surface area contributed by atoms with Gasteiger partial charge in [-0.3, -0.25) is 14.1 Å². The van der Waals surface area contributed by atoms with E-state index in [1.807, 2.05) is 18.2 Å². The van der Waals surface area contributed by atoms with Gasteiger partial charge >= 0.3 is 6.03 Å². The Morgan fingerprint density at radius 1 is 1.22 bits per heavy atom. The van der Waals surface area contributed by atoms with Gasteiger partial charge in [-0.1, -0.05) is 29.8 Å². The summed E-state index contributed by atoms with van der Waals surface area (Å²) in [7, 11) is -0.165. The molecule has 1 atom stereocenters. The molecule has 1 aliphatic rings. The lowest BCUT2D eigenvalue weighted by Crippen LogP contribution is -2.39. The minimum atomic E-state index is -3.18. The molecular formula is C11H13ClN3O2P. The van der Waals surface area contributed by atoms with Crippen LogP contribution in [0.1, 0.15) is 0 Å². The Morgan fingerprint density at radius 2 is 1.83 bits per heavy atom. The van der Waals surface area contributed by atoms with E-state index in [2.05, 4.69) is 5.09 Å². The lowest BCUT2D eigenvalue weighted by atomic mass is 10.3. The van der Waals surface area contributed by atoms with Gasteiger partial charge in [0, 0.05) is 19.8 Å². The summed E-state index contributed by atoms with van der Waals surface area (Å²) < 4.78 is 13.9. The molecule has 1 aromatic rings. The summed E-state index contributed by atoms with van der Waals surface area (Å²) in [5.74, 6) is 1.38. The highest BCUT2D eigenvalue weighted by Gasteiger charge is 2.37. The summed E-state index contributed by atoms with van der Waals surface area (Å²) in [5, 5.41) is 3.02. The fourth-order valence-electron chi connectivity index (χ4n) is 1.56. The number of para-hydroxylation sites is 1. The van der Waals surface area contributed by atoms with Crippen molar-refractivity contribution in [3.8, 4) is 0 Å². The summed E-state index contributed by atoms with van der Waals surface area (Å²) in [6.07, 6.45) is 0. The zero-order valence-electron chi connectivity index (χ0n) is 10.0. The molecular weight excluding hydrogens is 273 g/mol. The zero-order chi connectivity index (χ0) is 13.3. The van der Waals surface area contributed by atoms with E-state index < -0.39 is 13.5 Å². The minimum Gasteiger partial charge on any atom is -0.317 e. The van der Waals surface area contributed by atoms with Gasteiger partial charge in [0.25, 0.3) is 7.44 Å². The normalized spacial score (nSPS) is 23.9. The highest BCUT2D eigenvalue weighted by atomic mass is 35.5. The standard InChI is InChI=1S/C11H13ClN3O2P/c1-14-10(12)8-18(17,15(2)11(14)16)13-9-6-4-3-5-7-9/h3-8H,1-2H3,(H,13,17). The maximum atomic E-state index is 12.7. The van der Waals surface area contributed by atoms with Crippen molar-refractivity contribution in [1.82, 2.24) is 9.57 Å². The van der Waals surface area contributed by atoms with Crippen molar-refractivity contribution in [3.63, 3.8) is 0 Å². The molecule has 1 heterocycles. The predicted molar refractivity (Wildman–Crippen MR) is 72.5 cm³/mol. The Balaban J connectivity index is 2.36. The van der Waals surface area contributed by atoms with Gasteiger partial charge in [0.1, 0.15) is 5.16 Å². The van der Waals surface area contributed by atoms with E-state index in [9.17, 15) is 9.36 Å².